The highest BCUT2D eigenvalue weighted by molar-refractivity contribution is 5.77. The maximum atomic E-state index is 14.5. The van der Waals surface area contributed by atoms with Gasteiger partial charge in [-0.05, 0) is 98.2 Å². The predicted molar refractivity (Wildman–Crippen MR) is 148 cm³/mol. The van der Waals surface area contributed by atoms with Crippen LogP contribution in [0.25, 0.3) is 0 Å². The standard InChI is InChI=1S/C34H56O2/c35-32(36)34(29-21-9-10-22-29,30-23-11-12-24-30)33(27-17-5-6-18-27,28-19-7-8-20-28)31(25-13-1-2-14-25)26-15-3-4-16-26/h25-31H,1-24H2,(H,35,36). The molecule has 6 aliphatic rings. The van der Waals surface area contributed by atoms with Crippen LogP contribution >= 0.6 is 0 Å². The fourth-order valence-electron chi connectivity index (χ4n) is 12.8. The van der Waals surface area contributed by atoms with E-state index in [1.54, 1.807) is 0 Å². The Morgan fingerprint density at radius 1 is 0.472 bits per heavy atom. The average Bonchev–Trinajstić information content (AvgIpc) is 3.74. The second-order valence-electron chi connectivity index (χ2n) is 14.6. The van der Waals surface area contributed by atoms with Crippen LogP contribution in [-0.2, 0) is 4.79 Å². The lowest BCUT2D eigenvalue weighted by molar-refractivity contribution is -0.221. The van der Waals surface area contributed by atoms with E-state index in [1.807, 2.05) is 0 Å². The lowest BCUT2D eigenvalue weighted by Gasteiger charge is -2.66. The third-order valence-electron chi connectivity index (χ3n) is 13.5. The van der Waals surface area contributed by atoms with Crippen LogP contribution in [-0.4, -0.2) is 11.1 Å². The van der Waals surface area contributed by atoms with Crippen LogP contribution in [0.3, 0.4) is 0 Å². The van der Waals surface area contributed by atoms with Crippen molar-refractivity contribution in [3.8, 4) is 0 Å². The number of rotatable bonds is 9. The first-order valence-corrected chi connectivity index (χ1v) is 16.9. The van der Waals surface area contributed by atoms with E-state index in [2.05, 4.69) is 0 Å². The summed E-state index contributed by atoms with van der Waals surface area (Å²) in [5, 5.41) is 11.9. The fraction of sp³-hybridized carbons (Fsp3) is 0.971. The average molecular weight is 497 g/mol. The van der Waals surface area contributed by atoms with E-state index in [0.29, 0.717) is 29.6 Å². The summed E-state index contributed by atoms with van der Waals surface area (Å²) in [5.74, 6) is 4.31. The summed E-state index contributed by atoms with van der Waals surface area (Å²) in [6, 6.07) is 0. The lowest BCUT2D eigenvalue weighted by Crippen LogP contribution is -2.66. The van der Waals surface area contributed by atoms with Gasteiger partial charge in [-0.15, -0.1) is 0 Å². The third-order valence-corrected chi connectivity index (χ3v) is 13.5. The first-order valence-electron chi connectivity index (χ1n) is 16.9. The van der Waals surface area contributed by atoms with E-state index < -0.39 is 5.41 Å². The van der Waals surface area contributed by atoms with Crippen molar-refractivity contribution in [1.29, 1.82) is 0 Å². The maximum Gasteiger partial charge on any atom is 0.310 e. The number of carboxylic acid groups (broad SMARTS) is 1. The van der Waals surface area contributed by atoms with Gasteiger partial charge < -0.3 is 5.11 Å². The molecule has 0 aromatic rings. The van der Waals surface area contributed by atoms with E-state index >= 15 is 0 Å². The molecule has 204 valence electrons. The topological polar surface area (TPSA) is 37.3 Å². The van der Waals surface area contributed by atoms with Gasteiger partial charge in [0.1, 0.15) is 0 Å². The Balaban J connectivity index is 1.63. The van der Waals surface area contributed by atoms with E-state index in [9.17, 15) is 9.90 Å². The molecule has 0 saturated heterocycles. The Labute approximate surface area is 222 Å². The third kappa shape index (κ3) is 3.95. The molecule has 0 heterocycles. The summed E-state index contributed by atoms with van der Waals surface area (Å²) in [6.45, 7) is 0. The first-order chi connectivity index (χ1) is 17.7. The largest absolute Gasteiger partial charge is 0.481 e. The summed E-state index contributed by atoms with van der Waals surface area (Å²) in [6.07, 6.45) is 32.1. The molecule has 0 aliphatic heterocycles. The van der Waals surface area contributed by atoms with E-state index in [1.165, 1.54) is 154 Å². The Kier molecular flexibility index (Phi) is 7.80. The van der Waals surface area contributed by atoms with E-state index in [0.717, 1.165) is 11.8 Å². The van der Waals surface area contributed by atoms with Crippen LogP contribution in [0.15, 0.2) is 0 Å². The summed E-state index contributed by atoms with van der Waals surface area (Å²) >= 11 is 0. The van der Waals surface area contributed by atoms with Crippen molar-refractivity contribution >= 4 is 5.97 Å². The highest BCUT2D eigenvalue weighted by Gasteiger charge is 2.72. The van der Waals surface area contributed by atoms with E-state index in [4.69, 9.17) is 0 Å². The van der Waals surface area contributed by atoms with Gasteiger partial charge in [0.25, 0.3) is 0 Å². The summed E-state index contributed by atoms with van der Waals surface area (Å²) in [5.41, 5.74) is -0.375. The molecule has 0 aromatic heterocycles. The Morgan fingerprint density at radius 2 is 0.750 bits per heavy atom. The minimum absolute atomic E-state index is 0.0693. The number of hydrogen-bond donors (Lipinski definition) is 1. The normalized spacial score (nSPS) is 29.0. The van der Waals surface area contributed by atoms with Crippen molar-refractivity contribution < 1.29 is 9.90 Å². The summed E-state index contributed by atoms with van der Waals surface area (Å²) in [7, 11) is 0. The molecule has 2 heteroatoms. The highest BCUT2D eigenvalue weighted by atomic mass is 16.4. The Morgan fingerprint density at radius 3 is 1.06 bits per heavy atom. The van der Waals surface area contributed by atoms with Crippen LogP contribution < -0.4 is 0 Å². The zero-order valence-electron chi connectivity index (χ0n) is 23.4. The monoisotopic (exact) mass is 496 g/mol. The molecule has 0 atom stereocenters. The first kappa shape index (κ1) is 25.7. The SMILES string of the molecule is O=C(O)C(C1CCCC1)(C1CCCC1)C(C1CCCC1)(C1CCCC1)C(C1CCCC1)C1CCCC1. The molecule has 0 radical (unpaired) electrons. The molecule has 36 heavy (non-hydrogen) atoms. The van der Waals surface area contributed by atoms with Gasteiger partial charge in [0.15, 0.2) is 0 Å². The number of carbonyl (C=O) groups is 1. The quantitative estimate of drug-likeness (QED) is 0.345. The molecule has 0 amide bonds. The molecule has 0 spiro atoms. The summed E-state index contributed by atoms with van der Waals surface area (Å²) < 4.78 is 0. The van der Waals surface area contributed by atoms with Crippen molar-refractivity contribution in [2.45, 2.75) is 154 Å². The molecule has 6 aliphatic carbocycles. The fourth-order valence-corrected chi connectivity index (χ4v) is 12.8. The lowest BCUT2D eigenvalue weighted by atomic mass is 9.37. The molecule has 6 fully saturated rings. The predicted octanol–water partition coefficient (Wildman–Crippen LogP) is 9.80. The molecular weight excluding hydrogens is 440 g/mol. The van der Waals surface area contributed by atoms with Crippen LogP contribution in [0.4, 0.5) is 0 Å². The zero-order valence-corrected chi connectivity index (χ0v) is 23.4. The smallest absolute Gasteiger partial charge is 0.310 e. The molecule has 1 N–H and O–H groups in total. The molecule has 6 rings (SSSR count). The van der Waals surface area contributed by atoms with Gasteiger partial charge in [0.2, 0.25) is 0 Å². The second kappa shape index (κ2) is 10.9. The van der Waals surface area contributed by atoms with Gasteiger partial charge >= 0.3 is 5.97 Å². The minimum atomic E-state index is -0.445. The molecule has 0 unspecified atom stereocenters. The zero-order chi connectivity index (χ0) is 24.6. The minimum Gasteiger partial charge on any atom is -0.481 e. The molecular formula is C34H56O2. The van der Waals surface area contributed by atoms with Gasteiger partial charge in [-0.3, -0.25) is 4.79 Å². The van der Waals surface area contributed by atoms with Crippen molar-refractivity contribution in [1.82, 2.24) is 0 Å². The highest BCUT2D eigenvalue weighted by Crippen LogP contribution is 2.74. The van der Waals surface area contributed by atoms with Gasteiger partial charge in [0.05, 0.1) is 5.41 Å². The number of aliphatic carboxylic acids is 1. The number of hydrogen-bond acceptors (Lipinski definition) is 1. The molecule has 2 nitrogen and oxygen atoms in total. The Bertz CT molecular complexity index is 672. The second-order valence-corrected chi connectivity index (χ2v) is 14.6. The summed E-state index contributed by atoms with van der Waals surface area (Å²) in [4.78, 5) is 14.5. The van der Waals surface area contributed by atoms with Gasteiger partial charge in [0, 0.05) is 0 Å². The van der Waals surface area contributed by atoms with Crippen molar-refractivity contribution in [3.05, 3.63) is 0 Å². The van der Waals surface area contributed by atoms with Crippen LogP contribution in [0.2, 0.25) is 0 Å². The van der Waals surface area contributed by atoms with Gasteiger partial charge in [-0.1, -0.05) is 103 Å². The van der Waals surface area contributed by atoms with Gasteiger partial charge in [-0.2, -0.15) is 0 Å². The van der Waals surface area contributed by atoms with Crippen molar-refractivity contribution in [3.63, 3.8) is 0 Å². The molecule has 6 saturated carbocycles. The van der Waals surface area contributed by atoms with Crippen molar-refractivity contribution in [2.75, 3.05) is 0 Å². The van der Waals surface area contributed by atoms with Crippen LogP contribution in [0, 0.1) is 52.3 Å². The maximum absolute atomic E-state index is 14.5. The number of carboxylic acids is 1. The van der Waals surface area contributed by atoms with E-state index in [-0.39, 0.29) is 11.4 Å². The Hall–Kier alpha value is -0.530. The molecule has 0 bridgehead atoms. The van der Waals surface area contributed by atoms with Crippen LogP contribution in [0.5, 0.6) is 0 Å². The van der Waals surface area contributed by atoms with Gasteiger partial charge in [-0.25, -0.2) is 0 Å². The van der Waals surface area contributed by atoms with Crippen LogP contribution in [0.1, 0.15) is 154 Å². The van der Waals surface area contributed by atoms with Crippen molar-refractivity contribution in [2.24, 2.45) is 52.3 Å². The molecule has 0 aromatic carbocycles.